The third kappa shape index (κ3) is 4.22. The van der Waals surface area contributed by atoms with E-state index in [2.05, 4.69) is 58.4 Å². The van der Waals surface area contributed by atoms with Crippen LogP contribution in [0.25, 0.3) is 0 Å². The first-order chi connectivity index (χ1) is 13.7. The molecule has 1 N–H and O–H groups in total. The van der Waals surface area contributed by atoms with Crippen molar-refractivity contribution in [2.45, 2.75) is 38.6 Å². The van der Waals surface area contributed by atoms with Gasteiger partial charge in [0, 0.05) is 50.7 Å². The van der Waals surface area contributed by atoms with Crippen molar-refractivity contribution in [1.29, 1.82) is 0 Å². The van der Waals surface area contributed by atoms with Gasteiger partial charge in [0.1, 0.15) is 6.26 Å². The molecule has 2 fully saturated rings. The Morgan fingerprint density at radius 1 is 1.18 bits per heavy atom. The number of aromatic nitrogens is 1. The van der Waals surface area contributed by atoms with E-state index in [9.17, 15) is 0 Å². The summed E-state index contributed by atoms with van der Waals surface area (Å²) in [4.78, 5) is 9.90. The molecule has 2 heterocycles. The Bertz CT molecular complexity index is 789. The molecule has 0 unspecified atom stereocenters. The molecule has 1 aromatic heterocycles. The summed E-state index contributed by atoms with van der Waals surface area (Å²) in [6.07, 6.45) is 4.13. The lowest BCUT2D eigenvalue weighted by molar-refractivity contribution is 0.169. The van der Waals surface area contributed by atoms with Crippen molar-refractivity contribution in [1.82, 2.24) is 20.3 Å². The fourth-order valence-corrected chi connectivity index (χ4v) is 4.15. The van der Waals surface area contributed by atoms with Gasteiger partial charge in [0.15, 0.2) is 5.96 Å². The Morgan fingerprint density at radius 2 is 1.96 bits per heavy atom. The first-order valence-electron chi connectivity index (χ1n) is 10.4. The molecular formula is C22H31N5O. The third-order valence-corrected chi connectivity index (χ3v) is 5.99. The van der Waals surface area contributed by atoms with E-state index in [1.807, 2.05) is 6.07 Å². The second kappa shape index (κ2) is 8.35. The number of aryl methyl sites for hydroxylation is 1. The highest BCUT2D eigenvalue weighted by molar-refractivity contribution is 5.80. The standard InChI is InChI=1S/C22H31N5O/c1-3-23-21(24-17-22(9-10-22)20-7-5-4-6-18(20)2)27-13-11-26(12-14-27)16-19-8-15-28-25-19/h4-8,15H,3,9-14,16-17H2,1-2H3,(H,23,24). The highest BCUT2D eigenvalue weighted by Gasteiger charge is 2.45. The summed E-state index contributed by atoms with van der Waals surface area (Å²) in [5, 5.41) is 7.54. The van der Waals surface area contributed by atoms with E-state index in [1.165, 1.54) is 24.0 Å². The number of benzene rings is 1. The minimum atomic E-state index is 0.251. The largest absolute Gasteiger partial charge is 0.364 e. The van der Waals surface area contributed by atoms with Gasteiger partial charge in [-0.2, -0.15) is 0 Å². The van der Waals surface area contributed by atoms with Gasteiger partial charge < -0.3 is 14.7 Å². The predicted octanol–water partition coefficient (Wildman–Crippen LogP) is 2.80. The Hall–Kier alpha value is -2.34. The van der Waals surface area contributed by atoms with E-state index in [0.29, 0.717) is 0 Å². The quantitative estimate of drug-likeness (QED) is 0.616. The Kier molecular flexibility index (Phi) is 5.67. The van der Waals surface area contributed by atoms with Crippen LogP contribution in [0.3, 0.4) is 0 Å². The van der Waals surface area contributed by atoms with E-state index in [1.54, 1.807) is 6.26 Å². The molecule has 150 valence electrons. The first kappa shape index (κ1) is 19.0. The minimum absolute atomic E-state index is 0.251. The van der Waals surface area contributed by atoms with Crippen molar-refractivity contribution in [3.8, 4) is 0 Å². The molecule has 6 heteroatoms. The zero-order valence-electron chi connectivity index (χ0n) is 17.0. The average Bonchev–Trinajstić information content (AvgIpc) is 3.32. The van der Waals surface area contributed by atoms with Crippen LogP contribution in [-0.2, 0) is 12.0 Å². The van der Waals surface area contributed by atoms with Gasteiger partial charge >= 0.3 is 0 Å². The number of piperazine rings is 1. The Balaban J connectivity index is 1.38. The maximum absolute atomic E-state index is 5.08. The van der Waals surface area contributed by atoms with Crippen LogP contribution in [0, 0.1) is 6.92 Å². The highest BCUT2D eigenvalue weighted by atomic mass is 16.5. The summed E-state index contributed by atoms with van der Waals surface area (Å²) in [5.41, 5.74) is 4.12. The minimum Gasteiger partial charge on any atom is -0.364 e. The molecule has 2 aromatic rings. The second-order valence-corrected chi connectivity index (χ2v) is 8.02. The molecule has 1 saturated carbocycles. The van der Waals surface area contributed by atoms with Gasteiger partial charge in [0.2, 0.25) is 0 Å². The van der Waals surface area contributed by atoms with Crippen LogP contribution in [-0.4, -0.2) is 60.2 Å². The second-order valence-electron chi connectivity index (χ2n) is 8.02. The molecule has 28 heavy (non-hydrogen) atoms. The van der Waals surface area contributed by atoms with Crippen LogP contribution in [0.15, 0.2) is 46.1 Å². The normalized spacial score (nSPS) is 19.6. The lowest BCUT2D eigenvalue weighted by Gasteiger charge is -2.36. The lowest BCUT2D eigenvalue weighted by Crippen LogP contribution is -2.52. The smallest absolute Gasteiger partial charge is 0.194 e. The fourth-order valence-electron chi connectivity index (χ4n) is 4.15. The molecule has 1 saturated heterocycles. The van der Waals surface area contributed by atoms with Crippen molar-refractivity contribution < 1.29 is 4.52 Å². The molecule has 6 nitrogen and oxygen atoms in total. The van der Waals surface area contributed by atoms with E-state index in [-0.39, 0.29) is 5.41 Å². The lowest BCUT2D eigenvalue weighted by atomic mass is 9.92. The number of aliphatic imine (C=N–C) groups is 1. The molecule has 0 atom stereocenters. The topological polar surface area (TPSA) is 56.9 Å². The van der Waals surface area contributed by atoms with Gasteiger partial charge in [-0.25, -0.2) is 0 Å². The van der Waals surface area contributed by atoms with Gasteiger partial charge in [-0.3, -0.25) is 9.89 Å². The van der Waals surface area contributed by atoms with Crippen LogP contribution in [0.1, 0.15) is 36.6 Å². The Morgan fingerprint density at radius 3 is 2.61 bits per heavy atom. The SMILES string of the molecule is CCNC(=NCC1(c2ccccc2C)CC1)N1CCN(Cc2ccon2)CC1. The van der Waals surface area contributed by atoms with Gasteiger partial charge in [-0.15, -0.1) is 0 Å². The van der Waals surface area contributed by atoms with Gasteiger partial charge in [-0.05, 0) is 37.8 Å². The molecule has 0 amide bonds. The zero-order valence-corrected chi connectivity index (χ0v) is 17.0. The van der Waals surface area contributed by atoms with E-state index >= 15 is 0 Å². The van der Waals surface area contributed by atoms with E-state index in [4.69, 9.17) is 9.52 Å². The molecule has 2 aliphatic rings. The number of hydrogen-bond donors (Lipinski definition) is 1. The fraction of sp³-hybridized carbons (Fsp3) is 0.545. The third-order valence-electron chi connectivity index (χ3n) is 5.99. The predicted molar refractivity (Wildman–Crippen MR) is 111 cm³/mol. The number of nitrogens with zero attached hydrogens (tertiary/aromatic N) is 4. The van der Waals surface area contributed by atoms with Crippen molar-refractivity contribution in [2.24, 2.45) is 4.99 Å². The van der Waals surface area contributed by atoms with E-state index < -0.39 is 0 Å². The van der Waals surface area contributed by atoms with Crippen molar-refractivity contribution >= 4 is 5.96 Å². The van der Waals surface area contributed by atoms with Crippen molar-refractivity contribution in [3.63, 3.8) is 0 Å². The number of hydrogen-bond acceptors (Lipinski definition) is 4. The van der Waals surface area contributed by atoms with Crippen LogP contribution in [0.5, 0.6) is 0 Å². The molecule has 1 aromatic carbocycles. The zero-order chi connectivity index (χ0) is 19.4. The van der Waals surface area contributed by atoms with Crippen LogP contribution in [0.2, 0.25) is 0 Å². The van der Waals surface area contributed by atoms with Gasteiger partial charge in [0.25, 0.3) is 0 Å². The summed E-state index contributed by atoms with van der Waals surface area (Å²) in [5.74, 6) is 1.06. The van der Waals surface area contributed by atoms with Crippen molar-refractivity contribution in [3.05, 3.63) is 53.4 Å². The van der Waals surface area contributed by atoms with Crippen LogP contribution < -0.4 is 5.32 Å². The van der Waals surface area contributed by atoms with Crippen LogP contribution in [0.4, 0.5) is 0 Å². The summed E-state index contributed by atoms with van der Waals surface area (Å²) in [6, 6.07) is 10.7. The maximum atomic E-state index is 5.08. The molecule has 0 radical (unpaired) electrons. The number of rotatable bonds is 6. The summed E-state index contributed by atoms with van der Waals surface area (Å²) in [7, 11) is 0. The highest BCUT2D eigenvalue weighted by Crippen LogP contribution is 2.49. The van der Waals surface area contributed by atoms with E-state index in [0.717, 1.165) is 57.5 Å². The van der Waals surface area contributed by atoms with Crippen LogP contribution >= 0.6 is 0 Å². The summed E-state index contributed by atoms with van der Waals surface area (Å²) in [6.45, 7) is 11.0. The summed E-state index contributed by atoms with van der Waals surface area (Å²) >= 11 is 0. The molecule has 0 spiro atoms. The molecule has 1 aliphatic heterocycles. The number of nitrogens with one attached hydrogen (secondary N) is 1. The molecule has 0 bridgehead atoms. The maximum Gasteiger partial charge on any atom is 0.194 e. The Labute approximate surface area is 167 Å². The van der Waals surface area contributed by atoms with Gasteiger partial charge in [0.05, 0.1) is 12.2 Å². The molecular weight excluding hydrogens is 350 g/mol. The van der Waals surface area contributed by atoms with Crippen molar-refractivity contribution in [2.75, 3.05) is 39.3 Å². The van der Waals surface area contributed by atoms with Gasteiger partial charge in [-0.1, -0.05) is 29.4 Å². The summed E-state index contributed by atoms with van der Waals surface area (Å²) < 4.78 is 4.95. The monoisotopic (exact) mass is 381 g/mol. The average molecular weight is 382 g/mol. The molecule has 4 rings (SSSR count). The number of guanidine groups is 1. The molecule has 1 aliphatic carbocycles. The first-order valence-corrected chi connectivity index (χ1v) is 10.4.